The first-order valence-corrected chi connectivity index (χ1v) is 8.42. The third kappa shape index (κ3) is 3.27. The lowest BCUT2D eigenvalue weighted by Gasteiger charge is -2.17. The molecule has 0 radical (unpaired) electrons. The second kappa shape index (κ2) is 5.12. The number of amides is 1. The molecule has 2 aliphatic rings. The average Bonchev–Trinajstić information content (AvgIpc) is 2.72. The third-order valence-electron chi connectivity index (χ3n) is 3.10. The molecule has 0 bridgehead atoms. The molecule has 2 aliphatic heterocycles. The van der Waals surface area contributed by atoms with E-state index in [1.165, 1.54) is 11.8 Å². The lowest BCUT2D eigenvalue weighted by Crippen LogP contribution is -2.34. The van der Waals surface area contributed by atoms with Crippen LogP contribution < -0.4 is 0 Å². The number of aliphatic carboxylic acids is 1. The number of carboxylic acids is 1. The van der Waals surface area contributed by atoms with Gasteiger partial charge in [-0.15, -0.1) is 0 Å². The van der Waals surface area contributed by atoms with Gasteiger partial charge in [-0.05, 0) is 0 Å². The number of hydrogen-bond donors (Lipinski definition) is 1. The Morgan fingerprint density at radius 3 is 2.68 bits per heavy atom. The summed E-state index contributed by atoms with van der Waals surface area (Å²) in [6.45, 7) is 0. The minimum Gasteiger partial charge on any atom is -0.481 e. The summed E-state index contributed by atoms with van der Waals surface area (Å²) in [5.41, 5.74) is 0. The fourth-order valence-corrected chi connectivity index (χ4v) is 6.13. The first-order chi connectivity index (χ1) is 8.78. The van der Waals surface area contributed by atoms with Crippen LogP contribution in [0.2, 0.25) is 0 Å². The molecule has 1 N–H and O–H groups in total. The maximum absolute atomic E-state index is 11.5. The van der Waals surface area contributed by atoms with E-state index in [4.69, 9.17) is 5.11 Å². The Labute approximate surface area is 115 Å². The zero-order chi connectivity index (χ0) is 14.2. The molecule has 2 rings (SSSR count). The molecule has 7 nitrogen and oxygen atoms in total. The molecule has 0 spiro atoms. The minimum atomic E-state index is -2.99. The van der Waals surface area contributed by atoms with E-state index in [1.807, 2.05) is 0 Å². The summed E-state index contributed by atoms with van der Waals surface area (Å²) in [6, 6.07) is -0.138. The van der Waals surface area contributed by atoms with Crippen LogP contribution in [0, 0.1) is 0 Å². The molecule has 1 amide bonds. The maximum Gasteiger partial charge on any atom is 0.303 e. The van der Waals surface area contributed by atoms with E-state index < -0.39 is 21.7 Å². The molecule has 0 aliphatic carbocycles. The molecule has 0 aromatic carbocycles. The Kier molecular flexibility index (Phi) is 3.86. The van der Waals surface area contributed by atoms with Crippen molar-refractivity contribution in [1.82, 2.24) is 4.90 Å². The Morgan fingerprint density at radius 1 is 1.42 bits per heavy atom. The number of rotatable bonds is 3. The van der Waals surface area contributed by atoms with Crippen molar-refractivity contribution in [1.29, 1.82) is 0 Å². The number of carboxylic acid groups (broad SMARTS) is 1. The highest BCUT2D eigenvalue weighted by Crippen LogP contribution is 2.36. The van der Waals surface area contributed by atoms with Crippen LogP contribution in [0.4, 0.5) is 0 Å². The SMILES string of the molecule is CN1C(=NC(=O)CCC(=O)O)S[C@@H]2CS(=O)(=O)C[C@@H]21. The summed E-state index contributed by atoms with van der Waals surface area (Å²) >= 11 is 1.28. The predicted molar refractivity (Wildman–Crippen MR) is 70.9 cm³/mol. The number of sulfone groups is 1. The topological polar surface area (TPSA) is 104 Å². The number of carbonyl (C=O) groups is 2. The van der Waals surface area contributed by atoms with Crippen LogP contribution in [0.3, 0.4) is 0 Å². The van der Waals surface area contributed by atoms with E-state index in [9.17, 15) is 18.0 Å². The third-order valence-corrected chi connectivity index (χ3v) is 6.40. The fourth-order valence-electron chi connectivity index (χ4n) is 2.11. The van der Waals surface area contributed by atoms with E-state index in [1.54, 1.807) is 11.9 Å². The van der Waals surface area contributed by atoms with Crippen LogP contribution in [0.15, 0.2) is 4.99 Å². The summed E-state index contributed by atoms with van der Waals surface area (Å²) in [5.74, 6) is -1.33. The quantitative estimate of drug-likeness (QED) is 0.755. The van der Waals surface area contributed by atoms with Crippen molar-refractivity contribution in [3.63, 3.8) is 0 Å². The normalized spacial score (nSPS) is 30.6. The zero-order valence-electron chi connectivity index (χ0n) is 10.3. The van der Waals surface area contributed by atoms with Gasteiger partial charge in [-0.25, -0.2) is 8.42 Å². The van der Waals surface area contributed by atoms with Gasteiger partial charge in [0.25, 0.3) is 0 Å². The van der Waals surface area contributed by atoms with Crippen molar-refractivity contribution < 1.29 is 23.1 Å². The van der Waals surface area contributed by atoms with E-state index >= 15 is 0 Å². The van der Waals surface area contributed by atoms with Crippen molar-refractivity contribution in [3.8, 4) is 0 Å². The van der Waals surface area contributed by atoms with Gasteiger partial charge in [-0.2, -0.15) is 4.99 Å². The fraction of sp³-hybridized carbons (Fsp3) is 0.700. The highest BCUT2D eigenvalue weighted by Gasteiger charge is 2.47. The van der Waals surface area contributed by atoms with Gasteiger partial charge in [-0.1, -0.05) is 11.8 Å². The standard InChI is InChI=1S/C10H14N2O5S2/c1-12-6-4-19(16,17)5-7(6)18-10(12)11-8(13)2-3-9(14)15/h6-7H,2-5H2,1H3,(H,14,15)/t6-,7+/m0/s1. The van der Waals surface area contributed by atoms with Crippen LogP contribution in [-0.4, -0.2) is 65.3 Å². The van der Waals surface area contributed by atoms with E-state index in [-0.39, 0.29) is 35.6 Å². The van der Waals surface area contributed by atoms with Gasteiger partial charge in [0.15, 0.2) is 15.0 Å². The number of amidine groups is 1. The van der Waals surface area contributed by atoms with Gasteiger partial charge >= 0.3 is 5.97 Å². The van der Waals surface area contributed by atoms with Crippen LogP contribution in [0.1, 0.15) is 12.8 Å². The lowest BCUT2D eigenvalue weighted by molar-refractivity contribution is -0.138. The van der Waals surface area contributed by atoms with E-state index in [0.717, 1.165) is 0 Å². The van der Waals surface area contributed by atoms with Crippen LogP contribution in [-0.2, 0) is 19.4 Å². The number of aliphatic imine (C=N–C) groups is 1. The van der Waals surface area contributed by atoms with Gasteiger partial charge in [0.05, 0.1) is 24.0 Å². The van der Waals surface area contributed by atoms with Crippen molar-refractivity contribution >= 4 is 38.6 Å². The number of fused-ring (bicyclic) bond motifs is 1. The zero-order valence-corrected chi connectivity index (χ0v) is 11.9. The van der Waals surface area contributed by atoms with Gasteiger partial charge in [0.2, 0.25) is 5.91 Å². The Hall–Kier alpha value is -1.09. The van der Waals surface area contributed by atoms with E-state index in [2.05, 4.69) is 4.99 Å². The monoisotopic (exact) mass is 306 g/mol. The molecule has 19 heavy (non-hydrogen) atoms. The molecule has 0 saturated carbocycles. The number of nitrogens with zero attached hydrogens (tertiary/aromatic N) is 2. The number of carbonyl (C=O) groups excluding carboxylic acids is 1. The molecule has 2 fully saturated rings. The van der Waals surface area contributed by atoms with Gasteiger partial charge in [-0.3, -0.25) is 9.59 Å². The summed E-state index contributed by atoms with van der Waals surface area (Å²) in [5, 5.41) is 8.89. The van der Waals surface area contributed by atoms with Crippen LogP contribution in [0.5, 0.6) is 0 Å². The second-order valence-corrected chi connectivity index (χ2v) is 7.95. The molecular formula is C10H14N2O5S2. The van der Waals surface area contributed by atoms with Crippen molar-refractivity contribution in [3.05, 3.63) is 0 Å². The smallest absolute Gasteiger partial charge is 0.303 e. The summed E-state index contributed by atoms with van der Waals surface area (Å²) in [7, 11) is -1.28. The van der Waals surface area contributed by atoms with Crippen molar-refractivity contribution in [2.75, 3.05) is 18.6 Å². The average molecular weight is 306 g/mol. The molecular weight excluding hydrogens is 292 g/mol. The minimum absolute atomic E-state index is 0.0824. The van der Waals surface area contributed by atoms with Crippen LogP contribution in [0.25, 0.3) is 0 Å². The molecule has 9 heteroatoms. The Balaban J connectivity index is 2.01. The predicted octanol–water partition coefficient (Wildman–Crippen LogP) is -0.422. The van der Waals surface area contributed by atoms with Crippen LogP contribution >= 0.6 is 11.8 Å². The molecule has 106 valence electrons. The molecule has 2 heterocycles. The first-order valence-electron chi connectivity index (χ1n) is 5.72. The molecule has 2 saturated heterocycles. The summed E-state index contributed by atoms with van der Waals surface area (Å²) in [6.07, 6.45) is -0.383. The number of thioether (sulfide) groups is 1. The highest BCUT2D eigenvalue weighted by molar-refractivity contribution is 8.15. The van der Waals surface area contributed by atoms with Gasteiger partial charge < -0.3 is 10.0 Å². The Morgan fingerprint density at radius 2 is 2.11 bits per heavy atom. The Bertz CT molecular complexity index is 542. The second-order valence-electron chi connectivity index (χ2n) is 4.59. The largest absolute Gasteiger partial charge is 0.481 e. The molecule has 0 aromatic heterocycles. The van der Waals surface area contributed by atoms with Gasteiger partial charge in [0, 0.05) is 18.7 Å². The van der Waals surface area contributed by atoms with Gasteiger partial charge in [0.1, 0.15) is 0 Å². The molecule has 0 aromatic rings. The summed E-state index contributed by atoms with van der Waals surface area (Å²) < 4.78 is 23.0. The van der Waals surface area contributed by atoms with Crippen molar-refractivity contribution in [2.24, 2.45) is 4.99 Å². The number of hydrogen-bond acceptors (Lipinski definition) is 5. The highest BCUT2D eigenvalue weighted by atomic mass is 32.2. The van der Waals surface area contributed by atoms with E-state index in [0.29, 0.717) is 5.17 Å². The lowest BCUT2D eigenvalue weighted by atomic mass is 10.2. The summed E-state index contributed by atoms with van der Waals surface area (Å²) in [4.78, 5) is 27.4. The first kappa shape index (κ1) is 14.3. The maximum atomic E-state index is 11.5. The molecule has 0 unspecified atom stereocenters. The molecule has 2 atom stereocenters. The van der Waals surface area contributed by atoms with Crippen molar-refractivity contribution in [2.45, 2.75) is 24.1 Å².